The Morgan fingerprint density at radius 2 is 1.63 bits per heavy atom. The zero-order valence-corrected chi connectivity index (χ0v) is 40.2. The van der Waals surface area contributed by atoms with Gasteiger partial charge in [0.2, 0.25) is 0 Å². The number of anilines is 1. The van der Waals surface area contributed by atoms with E-state index in [0.717, 1.165) is 67.8 Å². The van der Waals surface area contributed by atoms with Crippen LogP contribution in [0.4, 0.5) is 15.0 Å². The van der Waals surface area contributed by atoms with Crippen LogP contribution in [0.2, 0.25) is 5.04 Å². The Hall–Kier alpha value is -5.67. The summed E-state index contributed by atoms with van der Waals surface area (Å²) in [4.78, 5) is 33.3. The Kier molecular flexibility index (Phi) is 12.2. The van der Waals surface area contributed by atoms with Gasteiger partial charge in [0, 0.05) is 43.5 Å². The maximum atomic E-state index is 17.6. The van der Waals surface area contributed by atoms with E-state index in [1.165, 1.54) is 10.4 Å². The Morgan fingerprint density at radius 1 is 0.910 bits per heavy atom. The SMILES string of the molecule is CCc1cccc2cc(OCOC)cc(-c3ncc4c(N5CC6CCC(C5)N6C(=O)O)nc(OC[C@@H]5CC[C@]6(CO[Si](c7ccccc7)(c7ccccc7)C(C)(C)C)CCCN56)nc4c3F)c12. The third kappa shape index (κ3) is 7.98. The van der Waals surface area contributed by atoms with Gasteiger partial charge in [-0.3, -0.25) is 14.8 Å². The molecule has 4 aliphatic heterocycles. The maximum Gasteiger partial charge on any atom is 0.407 e. The van der Waals surface area contributed by atoms with E-state index in [0.29, 0.717) is 48.8 Å². The number of amides is 1. The quantitative estimate of drug-likeness (QED) is 0.0834. The van der Waals surface area contributed by atoms with Gasteiger partial charge in [0.05, 0.1) is 24.1 Å². The largest absolute Gasteiger partial charge is 0.468 e. The number of carbonyl (C=O) groups is 1. The molecule has 4 aromatic carbocycles. The highest BCUT2D eigenvalue weighted by atomic mass is 28.4. The van der Waals surface area contributed by atoms with Gasteiger partial charge in [-0.25, -0.2) is 9.18 Å². The van der Waals surface area contributed by atoms with Gasteiger partial charge < -0.3 is 28.6 Å². The minimum absolute atomic E-state index is 0.0355. The van der Waals surface area contributed by atoms with E-state index in [9.17, 15) is 9.90 Å². The molecular formula is C53H61FN6O6Si. The van der Waals surface area contributed by atoms with Crippen LogP contribution in [0.5, 0.6) is 11.8 Å². The lowest BCUT2D eigenvalue weighted by Gasteiger charge is -2.46. The molecule has 12 nitrogen and oxygen atoms in total. The molecule has 350 valence electrons. The summed E-state index contributed by atoms with van der Waals surface area (Å²) in [6, 6.07) is 31.2. The third-order valence-electron chi connectivity index (χ3n) is 15.1. The van der Waals surface area contributed by atoms with E-state index in [1.54, 1.807) is 18.2 Å². The number of piperazine rings is 1. The first-order chi connectivity index (χ1) is 32.4. The number of aryl methyl sites for hydroxylation is 1. The van der Waals surface area contributed by atoms with Crippen molar-refractivity contribution in [1.29, 1.82) is 0 Å². The van der Waals surface area contributed by atoms with Crippen molar-refractivity contribution in [1.82, 2.24) is 24.8 Å². The molecule has 10 rings (SSSR count). The second kappa shape index (κ2) is 18.1. The Balaban J connectivity index is 0.994. The predicted molar refractivity (Wildman–Crippen MR) is 262 cm³/mol. The van der Waals surface area contributed by atoms with Crippen LogP contribution in [-0.2, 0) is 15.6 Å². The van der Waals surface area contributed by atoms with Gasteiger partial charge >= 0.3 is 12.1 Å². The summed E-state index contributed by atoms with van der Waals surface area (Å²) in [5, 5.41) is 14.7. The van der Waals surface area contributed by atoms with Crippen molar-refractivity contribution < 1.29 is 32.9 Å². The van der Waals surface area contributed by atoms with Crippen molar-refractivity contribution in [3.63, 3.8) is 0 Å². The molecule has 0 spiro atoms. The van der Waals surface area contributed by atoms with Crippen LogP contribution in [0, 0.1) is 5.82 Å². The highest BCUT2D eigenvalue weighted by molar-refractivity contribution is 6.99. The van der Waals surface area contributed by atoms with Gasteiger partial charge in [-0.05, 0) is 95.4 Å². The normalized spacial score (nSPS) is 21.9. The first kappa shape index (κ1) is 45.1. The highest BCUT2D eigenvalue weighted by Gasteiger charge is 2.55. The first-order valence-electron chi connectivity index (χ1n) is 23.9. The third-order valence-corrected chi connectivity index (χ3v) is 20.1. The summed E-state index contributed by atoms with van der Waals surface area (Å²) in [6.45, 7) is 11.8. The van der Waals surface area contributed by atoms with E-state index >= 15 is 4.39 Å². The lowest BCUT2D eigenvalue weighted by atomic mass is 9.95. The zero-order chi connectivity index (χ0) is 46.5. The smallest absolute Gasteiger partial charge is 0.407 e. The van der Waals surface area contributed by atoms with Crippen molar-refractivity contribution in [2.45, 2.75) is 101 Å². The molecule has 0 aliphatic carbocycles. The molecule has 4 atom stereocenters. The lowest BCUT2D eigenvalue weighted by molar-refractivity contribution is 0.0512. The first-order valence-corrected chi connectivity index (χ1v) is 25.8. The van der Waals surface area contributed by atoms with E-state index in [-0.39, 0.29) is 52.7 Å². The molecule has 2 unspecified atom stereocenters. The Morgan fingerprint density at radius 3 is 2.28 bits per heavy atom. The topological polar surface area (TPSA) is 123 Å². The molecule has 4 saturated heterocycles. The van der Waals surface area contributed by atoms with Crippen LogP contribution < -0.4 is 24.7 Å². The molecule has 1 amide bonds. The van der Waals surface area contributed by atoms with E-state index in [1.807, 2.05) is 24.3 Å². The van der Waals surface area contributed by atoms with E-state index in [4.69, 9.17) is 33.6 Å². The summed E-state index contributed by atoms with van der Waals surface area (Å²) in [6.07, 6.45) is 6.98. The Labute approximate surface area is 393 Å². The van der Waals surface area contributed by atoms with Crippen molar-refractivity contribution in [2.24, 2.45) is 0 Å². The summed E-state index contributed by atoms with van der Waals surface area (Å²) in [7, 11) is -1.22. The number of methoxy groups -OCH3 is 1. The molecule has 14 heteroatoms. The van der Waals surface area contributed by atoms with Crippen molar-refractivity contribution in [3.8, 4) is 23.0 Å². The van der Waals surface area contributed by atoms with Crippen LogP contribution >= 0.6 is 0 Å². The number of rotatable bonds is 14. The van der Waals surface area contributed by atoms with Gasteiger partial charge in [-0.1, -0.05) is 107 Å². The number of ether oxygens (including phenoxy) is 3. The molecule has 6 aromatic rings. The van der Waals surface area contributed by atoms with Gasteiger partial charge in [-0.2, -0.15) is 9.97 Å². The molecule has 4 fully saturated rings. The minimum atomic E-state index is -2.78. The second-order valence-corrected chi connectivity index (χ2v) is 24.2. The standard InChI is InChI=1S/C53H61FN6O6Si/c1-6-35-15-13-16-36-27-40(65-34-63-5)28-43(45(35)36)47-46(54)48-44(29-55-47)49(58-30-37-21-22-38(31-58)60(37)51(61)62)57-50(56-48)64-32-39-23-25-53(24-14-26-59(39)53)33-66-67(52(2,3)4,41-17-9-7-10-18-41)42-19-11-8-12-20-42/h7-13,15-20,27-29,37-39H,6,14,21-26,30-34H2,1-5H3,(H,61,62)/t37?,38?,39-,53-/m0/s1. The van der Waals surface area contributed by atoms with Crippen LogP contribution in [0.1, 0.15) is 71.8 Å². The molecule has 0 saturated carbocycles. The van der Waals surface area contributed by atoms with Crippen molar-refractivity contribution in [2.75, 3.05) is 51.7 Å². The average molecular weight is 925 g/mol. The molecule has 2 bridgehead atoms. The molecule has 6 heterocycles. The summed E-state index contributed by atoms with van der Waals surface area (Å²) < 4.78 is 43.1. The van der Waals surface area contributed by atoms with Crippen molar-refractivity contribution >= 4 is 52.3 Å². The van der Waals surface area contributed by atoms with Crippen LogP contribution in [0.3, 0.4) is 0 Å². The molecule has 2 aromatic heterocycles. The molecule has 4 aliphatic rings. The molecular weight excluding hydrogens is 864 g/mol. The fourth-order valence-electron chi connectivity index (χ4n) is 12.0. The fourth-order valence-corrected chi connectivity index (χ4v) is 16.7. The van der Waals surface area contributed by atoms with Gasteiger partial charge in [-0.15, -0.1) is 0 Å². The average Bonchev–Trinajstić information content (AvgIpc) is 3.99. The number of carboxylic acid groups (broad SMARTS) is 1. The fraction of sp³-hybridized carbons (Fsp3) is 0.434. The number of halogens is 1. The second-order valence-electron chi connectivity index (χ2n) is 19.9. The van der Waals surface area contributed by atoms with Crippen LogP contribution in [-0.4, -0.2) is 115 Å². The molecule has 67 heavy (non-hydrogen) atoms. The monoisotopic (exact) mass is 924 g/mol. The number of aromatic nitrogens is 3. The van der Waals surface area contributed by atoms with Crippen LogP contribution in [0.15, 0.2) is 97.2 Å². The lowest BCUT2D eigenvalue weighted by Crippen LogP contribution is -2.68. The number of pyridine rings is 1. The van der Waals surface area contributed by atoms with E-state index < -0.39 is 20.2 Å². The zero-order valence-electron chi connectivity index (χ0n) is 39.2. The summed E-state index contributed by atoms with van der Waals surface area (Å²) >= 11 is 0. The number of hydrogen-bond acceptors (Lipinski definition) is 10. The van der Waals surface area contributed by atoms with Gasteiger partial charge in [0.1, 0.15) is 29.4 Å². The Bertz CT molecular complexity index is 2730. The molecule has 0 radical (unpaired) electrons. The summed E-state index contributed by atoms with van der Waals surface area (Å²) in [5.74, 6) is 0.440. The van der Waals surface area contributed by atoms with Crippen LogP contribution in [0.25, 0.3) is 32.9 Å². The number of fused-ring (bicyclic) bond motifs is 5. The van der Waals surface area contributed by atoms with Gasteiger partial charge in [0.15, 0.2) is 12.6 Å². The van der Waals surface area contributed by atoms with E-state index in [2.05, 4.69) is 104 Å². The predicted octanol–water partition coefficient (Wildman–Crippen LogP) is 8.81. The van der Waals surface area contributed by atoms with Crippen molar-refractivity contribution in [3.05, 3.63) is 109 Å². The minimum Gasteiger partial charge on any atom is -0.468 e. The molecule has 1 N–H and O–H groups in total. The number of nitrogens with zero attached hydrogens (tertiary/aromatic N) is 6. The number of benzene rings is 4. The number of hydrogen-bond donors (Lipinski definition) is 1. The highest BCUT2D eigenvalue weighted by Crippen LogP contribution is 2.46. The van der Waals surface area contributed by atoms with Gasteiger partial charge in [0.25, 0.3) is 8.32 Å². The summed E-state index contributed by atoms with van der Waals surface area (Å²) in [5.41, 5.74) is 1.74. The maximum absolute atomic E-state index is 17.6.